The molecule has 7 nitrogen and oxygen atoms in total. The van der Waals surface area contributed by atoms with Crippen molar-refractivity contribution in [2.24, 2.45) is 0 Å². The van der Waals surface area contributed by atoms with Gasteiger partial charge in [-0.3, -0.25) is 4.79 Å². The standard InChI is InChI=1S/C21H18ClN5O2/c1-13-8-9-17(16(22)10-13)24-19(28)12-26-21(29)27-18(25-26)11-14(2)23-20(27)15-6-4-3-5-7-15/h3-11H,12H2,1-2H3,(H,24,28). The van der Waals surface area contributed by atoms with Crippen molar-refractivity contribution in [2.45, 2.75) is 20.4 Å². The van der Waals surface area contributed by atoms with Crippen LogP contribution in [0.25, 0.3) is 17.0 Å². The summed E-state index contributed by atoms with van der Waals surface area (Å²) in [7, 11) is 0. The molecule has 0 aliphatic carbocycles. The molecule has 1 amide bonds. The first-order chi connectivity index (χ1) is 13.9. The largest absolute Gasteiger partial charge is 0.352 e. The highest BCUT2D eigenvalue weighted by atomic mass is 35.5. The molecule has 0 aliphatic rings. The fourth-order valence-electron chi connectivity index (χ4n) is 3.08. The molecule has 146 valence electrons. The van der Waals surface area contributed by atoms with E-state index in [0.717, 1.165) is 21.5 Å². The number of aryl methyl sites for hydroxylation is 2. The minimum absolute atomic E-state index is 0.238. The van der Waals surface area contributed by atoms with E-state index in [-0.39, 0.29) is 6.54 Å². The van der Waals surface area contributed by atoms with E-state index in [1.807, 2.05) is 50.2 Å². The van der Waals surface area contributed by atoms with E-state index < -0.39 is 11.6 Å². The molecule has 0 spiro atoms. The molecule has 1 N–H and O–H groups in total. The van der Waals surface area contributed by atoms with Gasteiger partial charge in [0.2, 0.25) is 5.91 Å². The lowest BCUT2D eigenvalue weighted by molar-refractivity contribution is -0.117. The average Bonchev–Trinajstić information content (AvgIpc) is 2.99. The number of nitrogens with zero attached hydrogens (tertiary/aromatic N) is 4. The van der Waals surface area contributed by atoms with Gasteiger partial charge in [-0.15, -0.1) is 5.10 Å². The summed E-state index contributed by atoms with van der Waals surface area (Å²) >= 11 is 6.17. The van der Waals surface area contributed by atoms with Crippen molar-refractivity contribution in [3.05, 3.63) is 81.4 Å². The Labute approximate surface area is 171 Å². The molecule has 2 aromatic heterocycles. The number of carbonyl (C=O) groups excluding carboxylic acids is 1. The van der Waals surface area contributed by atoms with Gasteiger partial charge in [0.25, 0.3) is 0 Å². The number of fused-ring (bicyclic) bond motifs is 1. The van der Waals surface area contributed by atoms with Crippen LogP contribution in [0.3, 0.4) is 0 Å². The van der Waals surface area contributed by atoms with Gasteiger partial charge in [-0.1, -0.05) is 48.0 Å². The van der Waals surface area contributed by atoms with E-state index in [9.17, 15) is 9.59 Å². The van der Waals surface area contributed by atoms with Crippen molar-refractivity contribution in [2.75, 3.05) is 5.32 Å². The number of rotatable bonds is 4. The van der Waals surface area contributed by atoms with Crippen LogP contribution in [-0.4, -0.2) is 25.1 Å². The molecule has 0 radical (unpaired) electrons. The molecule has 0 unspecified atom stereocenters. The summed E-state index contributed by atoms with van der Waals surface area (Å²) in [6.45, 7) is 3.51. The van der Waals surface area contributed by atoms with E-state index in [1.165, 1.54) is 4.40 Å². The number of hydrogen-bond donors (Lipinski definition) is 1. The molecule has 4 aromatic rings. The third kappa shape index (κ3) is 3.77. The zero-order valence-corrected chi connectivity index (χ0v) is 16.6. The van der Waals surface area contributed by atoms with E-state index >= 15 is 0 Å². The molecule has 0 aliphatic heterocycles. The summed E-state index contributed by atoms with van der Waals surface area (Å²) in [4.78, 5) is 29.9. The van der Waals surface area contributed by atoms with Crippen molar-refractivity contribution in [1.29, 1.82) is 0 Å². The topological polar surface area (TPSA) is 81.3 Å². The second-order valence-electron chi connectivity index (χ2n) is 6.75. The summed E-state index contributed by atoms with van der Waals surface area (Å²) in [6.07, 6.45) is 0. The molecule has 0 atom stereocenters. The van der Waals surface area contributed by atoms with Crippen LogP contribution >= 0.6 is 11.6 Å². The predicted octanol–water partition coefficient (Wildman–Crippen LogP) is 3.47. The molecule has 29 heavy (non-hydrogen) atoms. The van der Waals surface area contributed by atoms with Gasteiger partial charge in [0, 0.05) is 17.3 Å². The Hall–Kier alpha value is -3.45. The molecule has 0 saturated heterocycles. The van der Waals surface area contributed by atoms with Crippen molar-refractivity contribution in [1.82, 2.24) is 19.2 Å². The maximum absolute atomic E-state index is 13.0. The van der Waals surface area contributed by atoms with Crippen LogP contribution in [0.5, 0.6) is 0 Å². The van der Waals surface area contributed by atoms with Crippen molar-refractivity contribution >= 4 is 28.8 Å². The molecular weight excluding hydrogens is 390 g/mol. The fraction of sp³-hybridized carbons (Fsp3) is 0.143. The number of carbonyl (C=O) groups is 1. The van der Waals surface area contributed by atoms with Crippen LogP contribution in [0.15, 0.2) is 59.4 Å². The number of halogens is 1. The normalized spacial score (nSPS) is 11.0. The first-order valence-corrected chi connectivity index (χ1v) is 9.39. The molecule has 0 fully saturated rings. The van der Waals surface area contributed by atoms with Gasteiger partial charge < -0.3 is 5.32 Å². The number of aromatic nitrogens is 4. The van der Waals surface area contributed by atoms with Crippen molar-refractivity contribution in [3.63, 3.8) is 0 Å². The molecule has 4 rings (SSSR count). The molecule has 0 bridgehead atoms. The van der Waals surface area contributed by atoms with Gasteiger partial charge >= 0.3 is 5.69 Å². The summed E-state index contributed by atoms with van der Waals surface area (Å²) in [5.41, 5.74) is 2.99. The van der Waals surface area contributed by atoms with Gasteiger partial charge in [0.05, 0.1) is 10.7 Å². The Morgan fingerprint density at radius 2 is 1.86 bits per heavy atom. The number of amides is 1. The van der Waals surface area contributed by atoms with E-state index in [0.29, 0.717) is 22.2 Å². The van der Waals surface area contributed by atoms with Crippen LogP contribution in [0, 0.1) is 13.8 Å². The van der Waals surface area contributed by atoms with Gasteiger partial charge in [0.1, 0.15) is 12.4 Å². The van der Waals surface area contributed by atoms with Crippen molar-refractivity contribution < 1.29 is 4.79 Å². The second kappa shape index (κ2) is 7.52. The van der Waals surface area contributed by atoms with Crippen LogP contribution < -0.4 is 11.0 Å². The number of hydrogen-bond acceptors (Lipinski definition) is 4. The number of benzene rings is 2. The Balaban J connectivity index is 1.69. The molecule has 0 saturated carbocycles. The van der Waals surface area contributed by atoms with Crippen LogP contribution in [0.1, 0.15) is 11.3 Å². The first kappa shape index (κ1) is 18.9. The van der Waals surface area contributed by atoms with Gasteiger partial charge in [0.15, 0.2) is 5.65 Å². The molecular formula is C21H18ClN5O2. The lowest BCUT2D eigenvalue weighted by Crippen LogP contribution is -2.28. The quantitative estimate of drug-likeness (QED) is 0.561. The van der Waals surface area contributed by atoms with Gasteiger partial charge in [-0.05, 0) is 31.5 Å². The monoisotopic (exact) mass is 407 g/mol. The minimum Gasteiger partial charge on any atom is -0.323 e. The first-order valence-electron chi connectivity index (χ1n) is 9.01. The summed E-state index contributed by atoms with van der Waals surface area (Å²) < 4.78 is 2.54. The second-order valence-corrected chi connectivity index (χ2v) is 7.16. The van der Waals surface area contributed by atoms with E-state index in [2.05, 4.69) is 15.4 Å². The highest BCUT2D eigenvalue weighted by Crippen LogP contribution is 2.22. The van der Waals surface area contributed by atoms with E-state index in [1.54, 1.807) is 18.2 Å². The molecule has 2 heterocycles. The van der Waals surface area contributed by atoms with Gasteiger partial charge in [-0.25, -0.2) is 18.9 Å². The van der Waals surface area contributed by atoms with Crippen molar-refractivity contribution in [3.8, 4) is 11.4 Å². The maximum atomic E-state index is 13.0. The SMILES string of the molecule is Cc1ccc(NC(=O)Cn2nc3cc(C)nc(-c4ccccc4)n3c2=O)c(Cl)c1. The average molecular weight is 408 g/mol. The molecule has 2 aromatic carbocycles. The van der Waals surface area contributed by atoms with Crippen LogP contribution in [-0.2, 0) is 11.3 Å². The third-order valence-electron chi connectivity index (χ3n) is 4.42. The zero-order chi connectivity index (χ0) is 20.5. The summed E-state index contributed by atoms with van der Waals surface area (Å²) in [6, 6.07) is 16.4. The lowest BCUT2D eigenvalue weighted by atomic mass is 10.2. The lowest BCUT2D eigenvalue weighted by Gasteiger charge is -2.07. The number of nitrogens with one attached hydrogen (secondary N) is 1. The highest BCUT2D eigenvalue weighted by Gasteiger charge is 2.16. The van der Waals surface area contributed by atoms with Crippen LogP contribution in [0.2, 0.25) is 5.02 Å². The Morgan fingerprint density at radius 3 is 2.59 bits per heavy atom. The van der Waals surface area contributed by atoms with Gasteiger partial charge in [-0.2, -0.15) is 0 Å². The summed E-state index contributed by atoms with van der Waals surface area (Å²) in [5, 5.41) is 7.47. The van der Waals surface area contributed by atoms with Crippen LogP contribution in [0.4, 0.5) is 5.69 Å². The zero-order valence-electron chi connectivity index (χ0n) is 15.9. The Bertz CT molecular complexity index is 1280. The minimum atomic E-state index is -0.434. The molecule has 8 heteroatoms. The summed E-state index contributed by atoms with van der Waals surface area (Å²) in [5.74, 6) is 0.0889. The number of anilines is 1. The Kier molecular flexibility index (Phi) is 4.90. The van der Waals surface area contributed by atoms with E-state index in [4.69, 9.17) is 11.6 Å². The maximum Gasteiger partial charge on any atom is 0.352 e. The predicted molar refractivity (Wildman–Crippen MR) is 112 cm³/mol. The fourth-order valence-corrected chi connectivity index (χ4v) is 3.37. The third-order valence-corrected chi connectivity index (χ3v) is 4.73. The smallest absolute Gasteiger partial charge is 0.323 e. The highest BCUT2D eigenvalue weighted by molar-refractivity contribution is 6.33. The Morgan fingerprint density at radius 1 is 1.10 bits per heavy atom.